The molecule has 2 N–H and O–H groups in total. The molecular weight excluding hydrogens is 358 g/mol. The molecule has 1 aliphatic rings. The van der Waals surface area contributed by atoms with Crippen molar-refractivity contribution in [1.82, 2.24) is 14.9 Å². The number of H-pyrrole nitrogens is 1. The quantitative estimate of drug-likeness (QED) is 0.722. The van der Waals surface area contributed by atoms with E-state index in [0.717, 1.165) is 43.1 Å². The number of piperazine rings is 1. The van der Waals surface area contributed by atoms with Crippen LogP contribution < -0.4 is 15.0 Å². The molecule has 2 aromatic carbocycles. The molecule has 0 spiro atoms. The summed E-state index contributed by atoms with van der Waals surface area (Å²) in [5.74, 6) is 1.79. The van der Waals surface area contributed by atoms with Crippen molar-refractivity contribution < 1.29 is 14.3 Å². The molecule has 0 saturated carbocycles. The lowest BCUT2D eigenvalue weighted by molar-refractivity contribution is 0.186. The van der Waals surface area contributed by atoms with Crippen LogP contribution in [0, 0.1) is 0 Å². The second-order valence-electron chi connectivity index (χ2n) is 6.77. The number of likely N-dealkylation sites (N-methyl/N-ethyl adjacent to an activating group) is 1. The molecule has 1 amide bonds. The molecule has 2 heterocycles. The van der Waals surface area contributed by atoms with E-state index in [4.69, 9.17) is 4.74 Å². The molecule has 1 saturated heterocycles. The van der Waals surface area contributed by atoms with E-state index in [1.54, 1.807) is 0 Å². The summed E-state index contributed by atoms with van der Waals surface area (Å²) in [4.78, 5) is 23.4. The minimum absolute atomic E-state index is 0.330. The molecular formula is C20H23N5O3. The molecule has 8 nitrogen and oxygen atoms in total. The van der Waals surface area contributed by atoms with Crippen LogP contribution in [0.5, 0.6) is 11.5 Å². The highest BCUT2D eigenvalue weighted by atomic mass is 16.5. The van der Waals surface area contributed by atoms with Gasteiger partial charge in [-0.3, -0.25) is 5.32 Å². The summed E-state index contributed by atoms with van der Waals surface area (Å²) in [6.07, 6.45) is -0.573. The van der Waals surface area contributed by atoms with Gasteiger partial charge < -0.3 is 24.3 Å². The second-order valence-corrected chi connectivity index (χ2v) is 6.77. The number of ether oxygens (including phenoxy) is 2. The van der Waals surface area contributed by atoms with Gasteiger partial charge in [0, 0.05) is 44.0 Å². The first-order chi connectivity index (χ1) is 13.6. The van der Waals surface area contributed by atoms with Crippen LogP contribution in [0.1, 0.15) is 0 Å². The largest absolute Gasteiger partial charge is 0.457 e. The van der Waals surface area contributed by atoms with Gasteiger partial charge in [0.1, 0.15) is 11.5 Å². The highest BCUT2D eigenvalue weighted by Gasteiger charge is 2.15. The van der Waals surface area contributed by atoms with Crippen LogP contribution in [0.2, 0.25) is 0 Å². The van der Waals surface area contributed by atoms with Crippen molar-refractivity contribution in [2.45, 2.75) is 0 Å². The third kappa shape index (κ3) is 4.01. The van der Waals surface area contributed by atoms with Crippen LogP contribution in [0.25, 0.3) is 11.0 Å². The average molecular weight is 381 g/mol. The SMILES string of the molecule is COC(=O)Nc1nc2cc(Oc3cccc(N4CCN(C)CC4)c3)ccc2[nH]1. The van der Waals surface area contributed by atoms with Crippen LogP contribution in [0.4, 0.5) is 16.4 Å². The van der Waals surface area contributed by atoms with Crippen LogP contribution in [0.15, 0.2) is 42.5 Å². The van der Waals surface area contributed by atoms with Crippen molar-refractivity contribution in [3.8, 4) is 11.5 Å². The van der Waals surface area contributed by atoms with E-state index in [9.17, 15) is 4.79 Å². The lowest BCUT2D eigenvalue weighted by Gasteiger charge is -2.34. The molecule has 3 aromatic rings. The van der Waals surface area contributed by atoms with Gasteiger partial charge >= 0.3 is 6.09 Å². The van der Waals surface area contributed by atoms with Crippen molar-refractivity contribution in [3.05, 3.63) is 42.5 Å². The van der Waals surface area contributed by atoms with Gasteiger partial charge in [0.25, 0.3) is 0 Å². The number of carbonyl (C=O) groups excluding carboxylic acids is 1. The summed E-state index contributed by atoms with van der Waals surface area (Å²) in [5, 5.41) is 2.52. The third-order valence-electron chi connectivity index (χ3n) is 4.78. The zero-order valence-electron chi connectivity index (χ0n) is 15.9. The van der Waals surface area contributed by atoms with E-state index in [1.165, 1.54) is 7.11 Å². The minimum atomic E-state index is -0.573. The summed E-state index contributed by atoms with van der Waals surface area (Å²) in [6.45, 7) is 4.13. The number of benzene rings is 2. The van der Waals surface area contributed by atoms with E-state index < -0.39 is 6.09 Å². The van der Waals surface area contributed by atoms with E-state index >= 15 is 0 Å². The normalized spacial score (nSPS) is 14.9. The Bertz CT molecular complexity index is 979. The fourth-order valence-electron chi connectivity index (χ4n) is 3.20. The van der Waals surface area contributed by atoms with Gasteiger partial charge in [-0.2, -0.15) is 0 Å². The molecule has 28 heavy (non-hydrogen) atoms. The number of aromatic nitrogens is 2. The summed E-state index contributed by atoms with van der Waals surface area (Å²) in [7, 11) is 3.45. The number of imidazole rings is 1. The molecule has 1 fully saturated rings. The Balaban J connectivity index is 1.50. The smallest absolute Gasteiger partial charge is 0.413 e. The molecule has 0 unspecified atom stereocenters. The van der Waals surface area contributed by atoms with Gasteiger partial charge in [0.05, 0.1) is 18.1 Å². The number of hydrogen-bond donors (Lipinski definition) is 2. The number of nitrogens with zero attached hydrogens (tertiary/aromatic N) is 3. The summed E-state index contributed by atoms with van der Waals surface area (Å²) in [6, 6.07) is 13.7. The average Bonchev–Trinajstić information content (AvgIpc) is 3.10. The number of nitrogens with one attached hydrogen (secondary N) is 2. The maximum atomic E-state index is 11.3. The monoisotopic (exact) mass is 381 g/mol. The number of rotatable bonds is 4. The second kappa shape index (κ2) is 7.77. The predicted octanol–water partition coefficient (Wildman–Crippen LogP) is 3.29. The summed E-state index contributed by atoms with van der Waals surface area (Å²) in [5.41, 5.74) is 2.65. The fourth-order valence-corrected chi connectivity index (χ4v) is 3.20. The Morgan fingerprint density at radius 3 is 2.68 bits per heavy atom. The predicted molar refractivity (Wildman–Crippen MR) is 108 cm³/mol. The Morgan fingerprint density at radius 2 is 1.89 bits per heavy atom. The standard InChI is InChI=1S/C20H23N5O3/c1-24-8-10-25(11-9-24)14-4-3-5-15(12-14)28-16-6-7-17-18(13-16)22-19(21-17)23-20(26)27-2/h3-7,12-13H,8-11H2,1-2H3,(H2,21,22,23,26). The number of aromatic amines is 1. The Hall–Kier alpha value is -3.26. The first kappa shape index (κ1) is 18.1. The van der Waals surface area contributed by atoms with E-state index in [2.05, 4.69) is 49.0 Å². The molecule has 0 bridgehead atoms. The molecule has 0 radical (unpaired) electrons. The number of amides is 1. The Labute approximate surface area is 163 Å². The van der Waals surface area contributed by atoms with Gasteiger partial charge in [-0.05, 0) is 31.3 Å². The van der Waals surface area contributed by atoms with Gasteiger partial charge in [-0.1, -0.05) is 6.07 Å². The maximum absolute atomic E-state index is 11.3. The van der Waals surface area contributed by atoms with Crippen LogP contribution in [-0.2, 0) is 4.74 Å². The van der Waals surface area contributed by atoms with E-state index in [-0.39, 0.29) is 0 Å². The lowest BCUT2D eigenvalue weighted by atomic mass is 10.2. The molecule has 1 aliphatic heterocycles. The number of hydrogen-bond acceptors (Lipinski definition) is 6. The number of methoxy groups -OCH3 is 1. The zero-order chi connectivity index (χ0) is 19.5. The van der Waals surface area contributed by atoms with Crippen molar-refractivity contribution >= 4 is 28.8 Å². The first-order valence-corrected chi connectivity index (χ1v) is 9.17. The number of anilines is 2. The molecule has 4 rings (SSSR count). The van der Waals surface area contributed by atoms with Crippen LogP contribution in [-0.4, -0.2) is 61.3 Å². The highest BCUT2D eigenvalue weighted by molar-refractivity contribution is 5.86. The Kier molecular flexibility index (Phi) is 5.03. The first-order valence-electron chi connectivity index (χ1n) is 9.17. The van der Waals surface area contributed by atoms with Gasteiger partial charge in [0.2, 0.25) is 5.95 Å². The molecule has 146 valence electrons. The number of fused-ring (bicyclic) bond motifs is 1. The van der Waals surface area contributed by atoms with Gasteiger partial charge in [-0.25, -0.2) is 9.78 Å². The van der Waals surface area contributed by atoms with E-state index in [1.807, 2.05) is 30.3 Å². The maximum Gasteiger partial charge on any atom is 0.413 e. The fraction of sp³-hybridized carbons (Fsp3) is 0.300. The van der Waals surface area contributed by atoms with Crippen LogP contribution in [0.3, 0.4) is 0 Å². The third-order valence-corrected chi connectivity index (χ3v) is 4.78. The minimum Gasteiger partial charge on any atom is -0.457 e. The van der Waals surface area contributed by atoms with E-state index in [0.29, 0.717) is 17.2 Å². The summed E-state index contributed by atoms with van der Waals surface area (Å²) < 4.78 is 10.6. The molecule has 8 heteroatoms. The van der Waals surface area contributed by atoms with Crippen molar-refractivity contribution in [3.63, 3.8) is 0 Å². The molecule has 1 aromatic heterocycles. The topological polar surface area (TPSA) is 82.7 Å². The summed E-state index contributed by atoms with van der Waals surface area (Å²) >= 11 is 0. The van der Waals surface area contributed by atoms with Crippen molar-refractivity contribution in [1.29, 1.82) is 0 Å². The van der Waals surface area contributed by atoms with Gasteiger partial charge in [-0.15, -0.1) is 0 Å². The number of carbonyl (C=O) groups is 1. The van der Waals surface area contributed by atoms with Crippen molar-refractivity contribution in [2.75, 3.05) is 50.6 Å². The Morgan fingerprint density at radius 1 is 1.11 bits per heavy atom. The highest BCUT2D eigenvalue weighted by Crippen LogP contribution is 2.28. The van der Waals surface area contributed by atoms with Gasteiger partial charge in [0.15, 0.2) is 0 Å². The molecule has 0 aliphatic carbocycles. The zero-order valence-corrected chi connectivity index (χ0v) is 15.9. The van der Waals surface area contributed by atoms with Crippen molar-refractivity contribution in [2.24, 2.45) is 0 Å². The lowest BCUT2D eigenvalue weighted by Crippen LogP contribution is -2.44. The van der Waals surface area contributed by atoms with Crippen LogP contribution >= 0.6 is 0 Å². The molecule has 0 atom stereocenters.